The second kappa shape index (κ2) is 5.50. The Kier molecular flexibility index (Phi) is 3.14. The summed E-state index contributed by atoms with van der Waals surface area (Å²) in [5.41, 5.74) is 5.33. The summed E-state index contributed by atoms with van der Waals surface area (Å²) in [5, 5.41) is 13.4. The fourth-order valence-corrected chi connectivity index (χ4v) is 4.79. The van der Waals surface area contributed by atoms with Gasteiger partial charge < -0.3 is 5.32 Å². The number of aryl methyl sites for hydroxylation is 2. The van der Waals surface area contributed by atoms with Gasteiger partial charge in [-0.15, -0.1) is 0 Å². The van der Waals surface area contributed by atoms with Gasteiger partial charge in [-0.05, 0) is 56.6 Å². The number of nitrogens with zero attached hydrogens (tertiary/aromatic N) is 7. The lowest BCUT2D eigenvalue weighted by molar-refractivity contribution is -0.0205. The molecule has 2 aliphatic carbocycles. The normalized spacial score (nSPS) is 18.5. The number of pyridine rings is 1. The Hall–Kier alpha value is -3.03. The number of hydrogen-bond acceptors (Lipinski definition) is 6. The summed E-state index contributed by atoms with van der Waals surface area (Å²) in [6.07, 6.45) is 12.0. The number of anilines is 2. The van der Waals surface area contributed by atoms with E-state index in [1.165, 1.54) is 32.1 Å². The van der Waals surface area contributed by atoms with Crippen molar-refractivity contribution in [2.24, 2.45) is 5.41 Å². The van der Waals surface area contributed by atoms with Crippen molar-refractivity contribution in [3.8, 4) is 0 Å². The smallest absolute Gasteiger partial charge is 0.229 e. The van der Waals surface area contributed by atoms with E-state index in [0.29, 0.717) is 17.4 Å². The van der Waals surface area contributed by atoms with Crippen molar-refractivity contribution in [3.63, 3.8) is 0 Å². The van der Waals surface area contributed by atoms with Gasteiger partial charge in [0.15, 0.2) is 11.3 Å². The fourth-order valence-electron chi connectivity index (χ4n) is 4.79. The van der Waals surface area contributed by atoms with Gasteiger partial charge in [0.2, 0.25) is 5.95 Å². The maximum atomic E-state index is 4.83. The highest BCUT2D eigenvalue weighted by Gasteiger charge is 2.49. The Morgan fingerprint density at radius 1 is 1.18 bits per heavy atom. The molecule has 4 aromatic heterocycles. The van der Waals surface area contributed by atoms with E-state index < -0.39 is 0 Å². The van der Waals surface area contributed by atoms with Crippen LogP contribution in [-0.2, 0) is 0 Å². The molecular formula is C20H22N8. The summed E-state index contributed by atoms with van der Waals surface area (Å²) >= 11 is 0. The quantitative estimate of drug-likeness (QED) is 0.588. The van der Waals surface area contributed by atoms with Crippen LogP contribution in [0.4, 0.5) is 11.6 Å². The van der Waals surface area contributed by atoms with Crippen LogP contribution in [0.5, 0.6) is 0 Å². The molecule has 2 fully saturated rings. The summed E-state index contributed by atoms with van der Waals surface area (Å²) in [4.78, 5) is 13.6. The maximum Gasteiger partial charge on any atom is 0.229 e. The first kappa shape index (κ1) is 16.0. The van der Waals surface area contributed by atoms with Crippen LogP contribution < -0.4 is 5.32 Å². The molecule has 2 saturated carbocycles. The van der Waals surface area contributed by atoms with Crippen molar-refractivity contribution in [2.45, 2.75) is 52.0 Å². The van der Waals surface area contributed by atoms with Gasteiger partial charge in [0.1, 0.15) is 6.33 Å². The van der Waals surface area contributed by atoms with Gasteiger partial charge in [-0.3, -0.25) is 0 Å². The van der Waals surface area contributed by atoms with E-state index in [1.54, 1.807) is 10.8 Å². The third kappa shape index (κ3) is 2.26. The van der Waals surface area contributed by atoms with Crippen molar-refractivity contribution in [2.75, 3.05) is 5.32 Å². The highest BCUT2D eigenvalue weighted by Crippen LogP contribution is 2.60. The highest BCUT2D eigenvalue weighted by molar-refractivity contribution is 5.79. The predicted molar refractivity (Wildman–Crippen MR) is 106 cm³/mol. The first-order chi connectivity index (χ1) is 13.6. The largest absolute Gasteiger partial charge is 0.323 e. The second-order valence-corrected chi connectivity index (χ2v) is 8.43. The summed E-state index contributed by atoms with van der Waals surface area (Å²) < 4.78 is 3.88. The summed E-state index contributed by atoms with van der Waals surface area (Å²) in [6.45, 7) is 4.08. The first-order valence-corrected chi connectivity index (χ1v) is 9.89. The van der Waals surface area contributed by atoms with Crippen molar-refractivity contribution in [1.82, 2.24) is 34.3 Å². The highest BCUT2D eigenvalue weighted by atomic mass is 15.3. The molecule has 0 aromatic carbocycles. The minimum absolute atomic E-state index is 0.465. The van der Waals surface area contributed by atoms with Crippen LogP contribution in [0.15, 0.2) is 24.8 Å². The average Bonchev–Trinajstić information content (AvgIpc) is 3.17. The molecular weight excluding hydrogens is 352 g/mol. The van der Waals surface area contributed by atoms with Crippen molar-refractivity contribution >= 4 is 28.3 Å². The number of fused-ring (bicyclic) bond motifs is 2. The van der Waals surface area contributed by atoms with Crippen molar-refractivity contribution < 1.29 is 0 Å². The fraction of sp³-hybridized carbons (Fsp3) is 0.450. The molecule has 1 spiro atoms. The molecule has 0 aliphatic heterocycles. The lowest BCUT2D eigenvalue weighted by atomic mass is 9.54. The molecule has 8 heteroatoms. The zero-order valence-corrected chi connectivity index (χ0v) is 16.1. The molecule has 0 unspecified atom stereocenters. The van der Waals surface area contributed by atoms with Gasteiger partial charge in [-0.2, -0.15) is 15.2 Å². The monoisotopic (exact) mass is 374 g/mol. The molecule has 0 atom stereocenters. The van der Waals surface area contributed by atoms with Crippen molar-refractivity contribution in [3.05, 3.63) is 36.0 Å². The van der Waals surface area contributed by atoms with E-state index >= 15 is 0 Å². The molecule has 6 rings (SSSR count). The lowest BCUT2D eigenvalue weighted by Crippen LogP contribution is -2.43. The van der Waals surface area contributed by atoms with Gasteiger partial charge in [-0.25, -0.2) is 19.2 Å². The Morgan fingerprint density at radius 3 is 2.82 bits per heavy atom. The van der Waals surface area contributed by atoms with Crippen LogP contribution in [0.1, 0.15) is 49.4 Å². The zero-order valence-electron chi connectivity index (χ0n) is 16.1. The van der Waals surface area contributed by atoms with Crippen LogP contribution in [-0.4, -0.2) is 34.3 Å². The van der Waals surface area contributed by atoms with E-state index in [0.717, 1.165) is 33.6 Å². The minimum Gasteiger partial charge on any atom is -0.323 e. The third-order valence-electron chi connectivity index (χ3n) is 6.60. The molecule has 28 heavy (non-hydrogen) atoms. The number of hydrogen-bond donors (Lipinski definition) is 1. The third-order valence-corrected chi connectivity index (χ3v) is 6.60. The molecule has 8 nitrogen and oxygen atoms in total. The van der Waals surface area contributed by atoms with Gasteiger partial charge in [0, 0.05) is 6.20 Å². The molecule has 1 N–H and O–H groups in total. The van der Waals surface area contributed by atoms with Gasteiger partial charge in [-0.1, -0.05) is 6.42 Å². The summed E-state index contributed by atoms with van der Waals surface area (Å²) in [6, 6.07) is 2.46. The van der Waals surface area contributed by atoms with Gasteiger partial charge in [0.05, 0.1) is 29.0 Å². The summed E-state index contributed by atoms with van der Waals surface area (Å²) in [7, 11) is 0. The molecule has 4 heterocycles. The van der Waals surface area contributed by atoms with Crippen LogP contribution in [0.25, 0.3) is 16.7 Å². The summed E-state index contributed by atoms with van der Waals surface area (Å²) in [5.74, 6) is 0.578. The lowest BCUT2D eigenvalue weighted by Gasteiger charge is -2.54. The average molecular weight is 374 g/mol. The van der Waals surface area contributed by atoms with Crippen LogP contribution in [0, 0.1) is 19.3 Å². The number of rotatable bonds is 3. The van der Waals surface area contributed by atoms with E-state index in [4.69, 9.17) is 10.1 Å². The van der Waals surface area contributed by atoms with E-state index in [-0.39, 0.29) is 0 Å². The van der Waals surface area contributed by atoms with E-state index in [2.05, 4.69) is 25.1 Å². The molecule has 142 valence electrons. The second-order valence-electron chi connectivity index (χ2n) is 8.43. The Bertz CT molecular complexity index is 1210. The maximum absolute atomic E-state index is 4.83. The van der Waals surface area contributed by atoms with Crippen LogP contribution in [0.3, 0.4) is 0 Å². The van der Waals surface area contributed by atoms with Crippen molar-refractivity contribution in [1.29, 1.82) is 0 Å². The van der Waals surface area contributed by atoms with Gasteiger partial charge >= 0.3 is 0 Å². The SMILES string of the molecule is Cc1cc2ncnn2cc1Nc1ncc2c(C)nn(C3CC4(CCC4)C3)c2n1. The topological polar surface area (TPSA) is 85.8 Å². The standard InChI is InChI=1S/C20H22N8/c1-12-6-17-22-11-23-27(17)10-16(12)24-19-21-9-15-13(2)26-28(18(15)25-19)14-7-20(8-14)4-3-5-20/h6,9-11,14H,3-5,7-8H2,1-2H3,(H,21,24,25). The van der Waals surface area contributed by atoms with E-state index in [1.807, 2.05) is 32.3 Å². The van der Waals surface area contributed by atoms with E-state index in [9.17, 15) is 0 Å². The number of nitrogens with one attached hydrogen (secondary N) is 1. The predicted octanol–water partition coefficient (Wildman–Crippen LogP) is 3.73. The Labute approximate surface area is 162 Å². The molecule has 4 aromatic rings. The molecule has 0 radical (unpaired) electrons. The molecule has 0 bridgehead atoms. The first-order valence-electron chi connectivity index (χ1n) is 9.89. The molecule has 0 saturated heterocycles. The van der Waals surface area contributed by atoms with Crippen LogP contribution in [0.2, 0.25) is 0 Å². The minimum atomic E-state index is 0.465. The molecule has 0 amide bonds. The Morgan fingerprint density at radius 2 is 2.04 bits per heavy atom. The van der Waals surface area contributed by atoms with Crippen LogP contribution >= 0.6 is 0 Å². The zero-order chi connectivity index (χ0) is 18.9. The Balaban J connectivity index is 1.35. The van der Waals surface area contributed by atoms with Gasteiger partial charge in [0.25, 0.3) is 0 Å². The molecule has 2 aliphatic rings. The number of aromatic nitrogens is 7.